The Morgan fingerprint density at radius 1 is 1.41 bits per heavy atom. The molecule has 11 heteroatoms. The van der Waals surface area contributed by atoms with E-state index in [1.807, 2.05) is 0 Å². The molecular weight excluding hydrogens is 379 g/mol. The fourth-order valence-corrected chi connectivity index (χ4v) is 3.20. The van der Waals surface area contributed by atoms with Crippen molar-refractivity contribution >= 4 is 13.0 Å². The summed E-state index contributed by atoms with van der Waals surface area (Å²) in [6, 6.07) is 2.40. The number of aromatic nitrogens is 2. The second-order valence-corrected chi connectivity index (χ2v) is 7.15. The molecule has 29 heavy (non-hydrogen) atoms. The minimum Gasteiger partial charge on any atom is -0.507 e. The molecule has 10 nitrogen and oxygen atoms in total. The molecule has 1 amide bonds. The van der Waals surface area contributed by atoms with Crippen molar-refractivity contribution in [1.29, 1.82) is 0 Å². The molecule has 0 spiro atoms. The number of nitrogens with zero attached hydrogens (tertiary/aromatic N) is 3. The first kappa shape index (κ1) is 21.1. The predicted octanol–water partition coefficient (Wildman–Crippen LogP) is -1.08. The first-order chi connectivity index (χ1) is 13.8. The topological polar surface area (TPSA) is 154 Å². The molecule has 2 heterocycles. The molecule has 0 bridgehead atoms. The average Bonchev–Trinajstić information content (AvgIpc) is 3.08. The maximum atomic E-state index is 12.5. The predicted molar refractivity (Wildman–Crippen MR) is 104 cm³/mol. The SMILES string of the molecule is Cn1cnc(C(N)C(=O)N2CC(Oc3ccc(CCB(O)O)c(O)c3CO)C2)c1. The van der Waals surface area contributed by atoms with E-state index in [0.29, 0.717) is 30.1 Å². The number of likely N-dealkylation sites (tertiary alicyclic amines) is 1. The average molecular weight is 404 g/mol. The van der Waals surface area contributed by atoms with Gasteiger partial charge in [-0.15, -0.1) is 0 Å². The molecule has 1 fully saturated rings. The van der Waals surface area contributed by atoms with Crippen LogP contribution < -0.4 is 10.5 Å². The number of imidazole rings is 1. The van der Waals surface area contributed by atoms with Crippen molar-refractivity contribution in [1.82, 2.24) is 14.5 Å². The van der Waals surface area contributed by atoms with Gasteiger partial charge in [0, 0.05) is 13.2 Å². The minimum atomic E-state index is -1.47. The lowest BCUT2D eigenvalue weighted by Gasteiger charge is -2.40. The molecule has 6 N–H and O–H groups in total. The lowest BCUT2D eigenvalue weighted by Crippen LogP contribution is -2.58. The van der Waals surface area contributed by atoms with Gasteiger partial charge in [-0.05, 0) is 24.4 Å². The molecule has 1 saturated heterocycles. The van der Waals surface area contributed by atoms with E-state index in [2.05, 4.69) is 4.98 Å². The molecule has 1 aromatic heterocycles. The van der Waals surface area contributed by atoms with Gasteiger partial charge in [0.15, 0.2) is 0 Å². The Labute approximate surface area is 168 Å². The zero-order valence-corrected chi connectivity index (χ0v) is 16.1. The standard InChI is InChI=1S/C18H25BN4O6/c1-22-8-14(21-10-22)16(20)18(26)23-6-12(7-23)29-15-3-2-11(4-5-19(27)28)17(25)13(15)9-24/h2-3,8,10,12,16,24-25,27-28H,4-7,9,20H2,1H3. The van der Waals surface area contributed by atoms with Gasteiger partial charge in [-0.25, -0.2) is 4.98 Å². The summed E-state index contributed by atoms with van der Waals surface area (Å²) < 4.78 is 7.55. The number of carbonyl (C=O) groups is 1. The molecule has 156 valence electrons. The highest BCUT2D eigenvalue weighted by molar-refractivity contribution is 6.41. The van der Waals surface area contributed by atoms with Gasteiger partial charge in [-0.3, -0.25) is 4.79 Å². The number of benzene rings is 1. The molecule has 2 aromatic rings. The van der Waals surface area contributed by atoms with Crippen LogP contribution in [0.5, 0.6) is 11.5 Å². The lowest BCUT2D eigenvalue weighted by molar-refractivity contribution is -0.141. The first-order valence-electron chi connectivity index (χ1n) is 9.29. The number of amides is 1. The van der Waals surface area contributed by atoms with E-state index in [0.717, 1.165) is 0 Å². The quantitative estimate of drug-likeness (QED) is 0.348. The van der Waals surface area contributed by atoms with E-state index in [9.17, 15) is 15.0 Å². The summed E-state index contributed by atoms with van der Waals surface area (Å²) in [6.45, 7) is 0.240. The van der Waals surface area contributed by atoms with Crippen LogP contribution in [0.25, 0.3) is 0 Å². The lowest BCUT2D eigenvalue weighted by atomic mass is 9.82. The van der Waals surface area contributed by atoms with Gasteiger partial charge >= 0.3 is 7.12 Å². The number of aliphatic hydroxyl groups is 1. The molecule has 0 radical (unpaired) electrons. The number of nitrogens with two attached hydrogens (primary N) is 1. The van der Waals surface area contributed by atoms with Crippen molar-refractivity contribution in [2.75, 3.05) is 13.1 Å². The van der Waals surface area contributed by atoms with Crippen LogP contribution >= 0.6 is 0 Å². The van der Waals surface area contributed by atoms with Crippen LogP contribution in [0.4, 0.5) is 0 Å². The van der Waals surface area contributed by atoms with Gasteiger partial charge in [0.2, 0.25) is 5.91 Å². The van der Waals surface area contributed by atoms with Gasteiger partial charge in [-0.2, -0.15) is 0 Å². The summed E-state index contributed by atoms with van der Waals surface area (Å²) in [7, 11) is 0.325. The van der Waals surface area contributed by atoms with Gasteiger partial charge in [0.1, 0.15) is 23.6 Å². The van der Waals surface area contributed by atoms with Crippen molar-refractivity contribution in [3.05, 3.63) is 41.5 Å². The summed E-state index contributed by atoms with van der Waals surface area (Å²) >= 11 is 0. The molecule has 1 aliphatic heterocycles. The highest BCUT2D eigenvalue weighted by Crippen LogP contribution is 2.34. The normalized spacial score (nSPS) is 15.1. The van der Waals surface area contributed by atoms with Gasteiger partial charge in [0.05, 0.1) is 37.3 Å². The Morgan fingerprint density at radius 3 is 2.72 bits per heavy atom. The van der Waals surface area contributed by atoms with Crippen molar-refractivity contribution in [3.8, 4) is 11.5 Å². The third kappa shape index (κ3) is 4.70. The summed E-state index contributed by atoms with van der Waals surface area (Å²) in [6.07, 6.45) is 3.30. The largest absolute Gasteiger partial charge is 0.507 e. The van der Waals surface area contributed by atoms with Crippen LogP contribution in [0, 0.1) is 0 Å². The Bertz CT molecular complexity index is 868. The van der Waals surface area contributed by atoms with Crippen LogP contribution in [0.2, 0.25) is 6.32 Å². The second-order valence-electron chi connectivity index (χ2n) is 7.15. The maximum absolute atomic E-state index is 12.5. The molecule has 1 unspecified atom stereocenters. The van der Waals surface area contributed by atoms with E-state index in [1.54, 1.807) is 41.2 Å². The fraction of sp³-hybridized carbons (Fsp3) is 0.444. The third-order valence-corrected chi connectivity index (χ3v) is 4.92. The number of hydrogen-bond donors (Lipinski definition) is 5. The number of phenols is 1. The number of rotatable bonds is 8. The summed E-state index contributed by atoms with van der Waals surface area (Å²) in [5, 5.41) is 37.9. The monoisotopic (exact) mass is 404 g/mol. The fourth-order valence-electron chi connectivity index (χ4n) is 3.20. The Balaban J connectivity index is 1.59. The minimum absolute atomic E-state index is 0.0643. The van der Waals surface area contributed by atoms with Crippen molar-refractivity contribution in [3.63, 3.8) is 0 Å². The Hall–Kier alpha value is -2.60. The van der Waals surface area contributed by atoms with Crippen LogP contribution in [0.1, 0.15) is 22.9 Å². The van der Waals surface area contributed by atoms with Crippen LogP contribution in [0.15, 0.2) is 24.7 Å². The first-order valence-corrected chi connectivity index (χ1v) is 9.29. The molecule has 1 aliphatic rings. The number of aliphatic hydroxyl groups excluding tert-OH is 1. The summed E-state index contributed by atoms with van der Waals surface area (Å²) in [4.78, 5) is 18.1. The number of ether oxygens (including phenoxy) is 1. The summed E-state index contributed by atoms with van der Waals surface area (Å²) in [5.74, 6) is -0.0498. The number of carbonyl (C=O) groups excluding carboxylic acids is 1. The molecule has 1 atom stereocenters. The molecular formula is C18H25BN4O6. The van der Waals surface area contributed by atoms with Crippen molar-refractivity contribution in [2.24, 2.45) is 12.8 Å². The van der Waals surface area contributed by atoms with Gasteiger partial charge < -0.3 is 40.2 Å². The third-order valence-electron chi connectivity index (χ3n) is 4.92. The summed E-state index contributed by atoms with van der Waals surface area (Å²) in [5.41, 5.74) is 7.19. The van der Waals surface area contributed by atoms with Crippen LogP contribution in [-0.4, -0.2) is 66.9 Å². The van der Waals surface area contributed by atoms with E-state index in [4.69, 9.17) is 20.5 Å². The zero-order valence-electron chi connectivity index (χ0n) is 16.1. The smallest absolute Gasteiger partial charge is 0.451 e. The van der Waals surface area contributed by atoms with Gasteiger partial charge in [-0.1, -0.05) is 6.07 Å². The number of aryl methyl sites for hydroxylation is 2. The van der Waals surface area contributed by atoms with Gasteiger partial charge in [0.25, 0.3) is 0 Å². The maximum Gasteiger partial charge on any atom is 0.451 e. The molecule has 3 rings (SSSR count). The van der Waals surface area contributed by atoms with Crippen LogP contribution in [0.3, 0.4) is 0 Å². The molecule has 1 aromatic carbocycles. The second kappa shape index (κ2) is 8.83. The van der Waals surface area contributed by atoms with E-state index >= 15 is 0 Å². The van der Waals surface area contributed by atoms with Crippen LogP contribution in [-0.2, 0) is 24.9 Å². The van der Waals surface area contributed by atoms with E-state index in [1.165, 1.54) is 0 Å². The van der Waals surface area contributed by atoms with Crippen molar-refractivity contribution in [2.45, 2.75) is 31.5 Å². The highest BCUT2D eigenvalue weighted by atomic mass is 16.5. The Morgan fingerprint density at radius 2 is 2.14 bits per heavy atom. The molecule has 0 saturated carbocycles. The van der Waals surface area contributed by atoms with Crippen molar-refractivity contribution < 1.29 is 29.8 Å². The highest BCUT2D eigenvalue weighted by Gasteiger charge is 2.36. The van der Waals surface area contributed by atoms with E-state index in [-0.39, 0.29) is 36.1 Å². The number of hydrogen-bond acceptors (Lipinski definition) is 8. The Kier molecular flexibility index (Phi) is 6.43. The molecule has 0 aliphatic carbocycles. The number of aromatic hydroxyl groups is 1. The van der Waals surface area contributed by atoms with E-state index < -0.39 is 19.8 Å². The zero-order chi connectivity index (χ0) is 21.1.